The molecule has 2 aromatic carbocycles. The number of aromatic amines is 1. The first kappa shape index (κ1) is 19.2. The monoisotopic (exact) mass is 426 g/mol. The lowest BCUT2D eigenvalue weighted by molar-refractivity contribution is 0.428. The Morgan fingerprint density at radius 2 is 1.94 bits per heavy atom. The van der Waals surface area contributed by atoms with Crippen LogP contribution in [-0.2, 0) is 6.42 Å². The number of pyridine rings is 1. The Balaban J connectivity index is 1.56. The number of para-hydroxylation sites is 1. The van der Waals surface area contributed by atoms with Crippen molar-refractivity contribution in [1.82, 2.24) is 25.2 Å². The van der Waals surface area contributed by atoms with E-state index < -0.39 is 0 Å². The van der Waals surface area contributed by atoms with Crippen molar-refractivity contribution >= 4 is 16.6 Å². The van der Waals surface area contributed by atoms with Gasteiger partial charge in [0.1, 0.15) is 6.04 Å². The number of H-pyrrole nitrogens is 1. The van der Waals surface area contributed by atoms with Crippen LogP contribution in [0.2, 0.25) is 0 Å². The van der Waals surface area contributed by atoms with Gasteiger partial charge in [-0.2, -0.15) is 0 Å². The summed E-state index contributed by atoms with van der Waals surface area (Å²) >= 11 is 0. The van der Waals surface area contributed by atoms with E-state index in [1.165, 1.54) is 18.4 Å². The van der Waals surface area contributed by atoms with Crippen LogP contribution in [0.3, 0.4) is 0 Å². The third-order valence-electron chi connectivity index (χ3n) is 6.99. The molecule has 6 rings (SSSR count). The minimum atomic E-state index is -0.344. The fraction of sp³-hybridized carbons (Fsp3) is 0.360. The highest BCUT2D eigenvalue weighted by Crippen LogP contribution is 2.39. The molecule has 7 nitrogen and oxygen atoms in total. The number of rotatable bonds is 4. The second kappa shape index (κ2) is 7.58. The lowest BCUT2D eigenvalue weighted by Crippen LogP contribution is -2.34. The van der Waals surface area contributed by atoms with Crippen LogP contribution in [0.25, 0.3) is 10.9 Å². The predicted octanol–water partition coefficient (Wildman–Crippen LogP) is 4.09. The van der Waals surface area contributed by atoms with Crippen LogP contribution < -0.4 is 10.5 Å². The van der Waals surface area contributed by atoms with Crippen molar-refractivity contribution in [3.8, 4) is 0 Å². The quantitative estimate of drug-likeness (QED) is 0.532. The number of benzene rings is 2. The third kappa shape index (κ3) is 3.11. The van der Waals surface area contributed by atoms with Crippen LogP contribution in [0.15, 0.2) is 53.3 Å². The van der Waals surface area contributed by atoms with E-state index in [0.29, 0.717) is 11.6 Å². The molecule has 1 N–H and O–H groups in total. The van der Waals surface area contributed by atoms with Gasteiger partial charge in [-0.3, -0.25) is 4.79 Å². The van der Waals surface area contributed by atoms with Crippen molar-refractivity contribution < 1.29 is 0 Å². The maximum absolute atomic E-state index is 13.4. The van der Waals surface area contributed by atoms with E-state index in [0.717, 1.165) is 53.8 Å². The van der Waals surface area contributed by atoms with E-state index in [1.807, 2.05) is 23.7 Å². The number of fused-ring (bicyclic) bond motifs is 2. The van der Waals surface area contributed by atoms with Gasteiger partial charge in [0, 0.05) is 23.3 Å². The molecule has 0 amide bonds. The van der Waals surface area contributed by atoms with E-state index in [9.17, 15) is 4.79 Å². The van der Waals surface area contributed by atoms with Crippen LogP contribution in [0, 0.1) is 6.92 Å². The van der Waals surface area contributed by atoms with Gasteiger partial charge < -0.3 is 9.88 Å². The first-order valence-electron chi connectivity index (χ1n) is 11.4. The van der Waals surface area contributed by atoms with Crippen LogP contribution in [0.5, 0.6) is 0 Å². The molecule has 4 aromatic rings. The highest BCUT2D eigenvalue weighted by molar-refractivity contribution is 5.80. The molecule has 0 radical (unpaired) electrons. The van der Waals surface area contributed by atoms with E-state index in [1.54, 1.807) is 0 Å². The summed E-state index contributed by atoms with van der Waals surface area (Å²) < 4.78 is 1.98. The number of nitrogens with one attached hydrogen (secondary N) is 1. The molecular formula is C25H26N6O. The second-order valence-electron chi connectivity index (χ2n) is 9.04. The molecule has 0 unspecified atom stereocenters. The highest BCUT2D eigenvalue weighted by Gasteiger charge is 2.35. The van der Waals surface area contributed by atoms with Gasteiger partial charge >= 0.3 is 0 Å². The van der Waals surface area contributed by atoms with Crippen molar-refractivity contribution in [1.29, 1.82) is 0 Å². The average molecular weight is 427 g/mol. The third-order valence-corrected chi connectivity index (χ3v) is 6.99. The maximum Gasteiger partial charge on any atom is 0.254 e. The SMILES string of the molecule is Cc1ccc2cc([C@H](c3nnnn3C3CCCC3)N3CCc4ccccc43)c(=O)[nH]c2c1. The highest BCUT2D eigenvalue weighted by atomic mass is 16.1. The maximum atomic E-state index is 13.4. The van der Waals surface area contributed by atoms with E-state index in [4.69, 9.17) is 0 Å². The molecule has 2 aromatic heterocycles. The molecule has 0 saturated heterocycles. The Bertz CT molecular complexity index is 1350. The summed E-state index contributed by atoms with van der Waals surface area (Å²) in [4.78, 5) is 18.8. The molecule has 2 aliphatic rings. The molecule has 0 bridgehead atoms. The zero-order valence-electron chi connectivity index (χ0n) is 18.2. The minimum Gasteiger partial charge on any atom is -0.357 e. The number of tetrazole rings is 1. The normalized spacial score (nSPS) is 17.2. The molecular weight excluding hydrogens is 400 g/mol. The standard InChI is InChI=1S/C25H26N6O/c1-16-10-11-18-15-20(25(32)26-21(18)14-16)23(30-13-12-17-6-2-5-9-22(17)30)24-27-28-29-31(24)19-7-3-4-8-19/h2,5-6,9-11,14-15,19,23H,3-4,7-8,12-13H2,1H3,(H,26,32)/t23-/m1/s1. The van der Waals surface area contributed by atoms with Gasteiger partial charge in [0.05, 0.1) is 6.04 Å². The number of anilines is 1. The van der Waals surface area contributed by atoms with Gasteiger partial charge in [-0.25, -0.2) is 4.68 Å². The fourth-order valence-electron chi connectivity index (χ4n) is 5.40. The van der Waals surface area contributed by atoms with Crippen molar-refractivity contribution in [2.24, 2.45) is 0 Å². The number of aromatic nitrogens is 5. The second-order valence-corrected chi connectivity index (χ2v) is 9.04. The summed E-state index contributed by atoms with van der Waals surface area (Å²) in [6, 6.07) is 16.6. The first-order valence-corrected chi connectivity index (χ1v) is 11.4. The largest absolute Gasteiger partial charge is 0.357 e. The predicted molar refractivity (Wildman–Crippen MR) is 124 cm³/mol. The molecule has 162 valence electrons. The summed E-state index contributed by atoms with van der Waals surface area (Å²) in [5.74, 6) is 0.755. The van der Waals surface area contributed by atoms with Gasteiger partial charge in [-0.05, 0) is 71.3 Å². The number of nitrogens with zero attached hydrogens (tertiary/aromatic N) is 5. The van der Waals surface area contributed by atoms with Crippen LogP contribution in [0.4, 0.5) is 5.69 Å². The number of aryl methyl sites for hydroxylation is 1. The van der Waals surface area contributed by atoms with Gasteiger partial charge in [0.25, 0.3) is 5.56 Å². The molecule has 1 aliphatic heterocycles. The summed E-state index contributed by atoms with van der Waals surface area (Å²) in [5.41, 5.74) is 5.03. The Kier molecular flexibility index (Phi) is 4.56. The Hall–Kier alpha value is -3.48. The van der Waals surface area contributed by atoms with Crippen LogP contribution in [0.1, 0.15) is 60.3 Å². The molecule has 1 aliphatic carbocycles. The number of hydrogen-bond acceptors (Lipinski definition) is 5. The van der Waals surface area contributed by atoms with Crippen molar-refractivity contribution in [2.75, 3.05) is 11.4 Å². The van der Waals surface area contributed by atoms with E-state index in [-0.39, 0.29) is 11.6 Å². The van der Waals surface area contributed by atoms with Gasteiger partial charge in [-0.1, -0.05) is 43.2 Å². The van der Waals surface area contributed by atoms with Crippen molar-refractivity contribution in [2.45, 2.75) is 51.1 Å². The molecule has 7 heteroatoms. The summed E-state index contributed by atoms with van der Waals surface area (Å²) in [6.45, 7) is 2.86. The molecule has 32 heavy (non-hydrogen) atoms. The van der Waals surface area contributed by atoms with E-state index in [2.05, 4.69) is 61.8 Å². The average Bonchev–Trinajstić information content (AvgIpc) is 3.56. The molecule has 0 spiro atoms. The topological polar surface area (TPSA) is 79.7 Å². The summed E-state index contributed by atoms with van der Waals surface area (Å²) in [7, 11) is 0. The minimum absolute atomic E-state index is 0.0848. The lowest BCUT2D eigenvalue weighted by atomic mass is 10.0. The first-order chi connectivity index (χ1) is 15.7. The Morgan fingerprint density at radius 1 is 1.09 bits per heavy atom. The summed E-state index contributed by atoms with van der Waals surface area (Å²) in [6.07, 6.45) is 5.49. The molecule has 3 heterocycles. The Labute approximate surface area is 186 Å². The molecule has 1 atom stereocenters. The van der Waals surface area contributed by atoms with Gasteiger partial charge in [-0.15, -0.1) is 5.10 Å². The van der Waals surface area contributed by atoms with Crippen molar-refractivity contribution in [3.05, 3.63) is 81.4 Å². The zero-order chi connectivity index (χ0) is 21.7. The zero-order valence-corrected chi connectivity index (χ0v) is 18.2. The fourth-order valence-corrected chi connectivity index (χ4v) is 5.40. The molecule has 1 fully saturated rings. The number of hydrogen-bond donors (Lipinski definition) is 1. The summed E-state index contributed by atoms with van der Waals surface area (Å²) in [5, 5.41) is 14.0. The van der Waals surface area contributed by atoms with Crippen LogP contribution in [-0.4, -0.2) is 31.7 Å². The smallest absolute Gasteiger partial charge is 0.254 e. The lowest BCUT2D eigenvalue weighted by Gasteiger charge is -2.30. The van der Waals surface area contributed by atoms with Crippen molar-refractivity contribution in [3.63, 3.8) is 0 Å². The Morgan fingerprint density at radius 3 is 2.81 bits per heavy atom. The van der Waals surface area contributed by atoms with Crippen LogP contribution >= 0.6 is 0 Å². The van der Waals surface area contributed by atoms with E-state index >= 15 is 0 Å². The van der Waals surface area contributed by atoms with Gasteiger partial charge in [0.15, 0.2) is 5.82 Å². The molecule has 1 saturated carbocycles. The van der Waals surface area contributed by atoms with Gasteiger partial charge in [0.2, 0.25) is 0 Å².